The summed E-state index contributed by atoms with van der Waals surface area (Å²) < 4.78 is 25.9. The summed E-state index contributed by atoms with van der Waals surface area (Å²) in [5, 5.41) is 0. The molecule has 2 unspecified atom stereocenters. The van der Waals surface area contributed by atoms with Crippen LogP contribution in [0.25, 0.3) is 0 Å². The maximum atomic E-state index is 12.9. The van der Waals surface area contributed by atoms with Gasteiger partial charge in [-0.3, -0.25) is 4.79 Å². The molecule has 2 fully saturated rings. The molecule has 0 spiro atoms. The molecular weight excluding hydrogens is 338 g/mol. The van der Waals surface area contributed by atoms with E-state index in [-0.39, 0.29) is 23.5 Å². The molecule has 1 amide bonds. The number of anilines is 1. The number of likely N-dealkylation sites (tertiary alicyclic amines) is 1. The Morgan fingerprint density at radius 1 is 1.16 bits per heavy atom. The van der Waals surface area contributed by atoms with Crippen molar-refractivity contribution in [1.29, 1.82) is 0 Å². The molecule has 1 aromatic carbocycles. The SMILES string of the molecule is CNS(=O)(=O)CC1CCCN(C(=O)C2CCN(c3ccccc3)C2)C1. The van der Waals surface area contributed by atoms with E-state index in [4.69, 9.17) is 0 Å². The van der Waals surface area contributed by atoms with E-state index in [0.29, 0.717) is 6.54 Å². The largest absolute Gasteiger partial charge is 0.371 e. The second-order valence-corrected chi connectivity index (χ2v) is 9.02. The van der Waals surface area contributed by atoms with Crippen LogP contribution in [-0.2, 0) is 14.8 Å². The lowest BCUT2D eigenvalue weighted by Gasteiger charge is -2.34. The van der Waals surface area contributed by atoms with Crippen molar-refractivity contribution < 1.29 is 13.2 Å². The van der Waals surface area contributed by atoms with Gasteiger partial charge in [-0.1, -0.05) is 18.2 Å². The average Bonchev–Trinajstić information content (AvgIpc) is 3.12. The van der Waals surface area contributed by atoms with Gasteiger partial charge in [-0.05, 0) is 44.4 Å². The quantitative estimate of drug-likeness (QED) is 0.854. The number of hydrogen-bond acceptors (Lipinski definition) is 4. The first-order chi connectivity index (χ1) is 12.0. The van der Waals surface area contributed by atoms with Crippen LogP contribution >= 0.6 is 0 Å². The van der Waals surface area contributed by atoms with E-state index in [2.05, 4.69) is 21.8 Å². The van der Waals surface area contributed by atoms with Gasteiger partial charge in [-0.2, -0.15) is 0 Å². The fraction of sp³-hybridized carbons (Fsp3) is 0.611. The molecule has 138 valence electrons. The van der Waals surface area contributed by atoms with Crippen molar-refractivity contribution in [2.75, 3.05) is 43.9 Å². The Morgan fingerprint density at radius 2 is 1.92 bits per heavy atom. The van der Waals surface area contributed by atoms with Crippen LogP contribution < -0.4 is 9.62 Å². The zero-order valence-corrected chi connectivity index (χ0v) is 15.5. The molecule has 0 bridgehead atoms. The number of para-hydroxylation sites is 1. The molecule has 1 N–H and O–H groups in total. The van der Waals surface area contributed by atoms with Crippen LogP contribution in [-0.4, -0.2) is 58.2 Å². The second-order valence-electron chi connectivity index (χ2n) is 7.05. The number of hydrogen-bond donors (Lipinski definition) is 1. The molecule has 0 saturated carbocycles. The van der Waals surface area contributed by atoms with Crippen LogP contribution in [0, 0.1) is 11.8 Å². The first kappa shape index (κ1) is 18.2. The molecule has 2 heterocycles. The van der Waals surface area contributed by atoms with E-state index in [1.165, 1.54) is 7.05 Å². The number of piperidine rings is 1. The fourth-order valence-electron chi connectivity index (χ4n) is 3.89. The van der Waals surface area contributed by atoms with Crippen molar-refractivity contribution in [2.24, 2.45) is 11.8 Å². The molecule has 2 aliphatic heterocycles. The zero-order chi connectivity index (χ0) is 17.9. The molecule has 6 nitrogen and oxygen atoms in total. The van der Waals surface area contributed by atoms with Crippen molar-refractivity contribution >= 4 is 21.6 Å². The molecule has 2 atom stereocenters. The van der Waals surface area contributed by atoms with E-state index >= 15 is 0 Å². The number of amides is 1. The van der Waals surface area contributed by atoms with E-state index in [1.807, 2.05) is 23.1 Å². The van der Waals surface area contributed by atoms with Gasteiger partial charge in [0.1, 0.15) is 0 Å². The second kappa shape index (κ2) is 7.74. The third-order valence-corrected chi connectivity index (χ3v) is 6.79. The normalized spacial score (nSPS) is 24.5. The summed E-state index contributed by atoms with van der Waals surface area (Å²) in [6.45, 7) is 2.95. The van der Waals surface area contributed by atoms with Gasteiger partial charge in [0.25, 0.3) is 0 Å². The van der Waals surface area contributed by atoms with Crippen molar-refractivity contribution in [3.05, 3.63) is 30.3 Å². The zero-order valence-electron chi connectivity index (χ0n) is 14.7. The summed E-state index contributed by atoms with van der Waals surface area (Å²) in [7, 11) is -1.79. The lowest BCUT2D eigenvalue weighted by atomic mass is 9.98. The summed E-state index contributed by atoms with van der Waals surface area (Å²) in [6.07, 6.45) is 2.61. The predicted molar refractivity (Wildman–Crippen MR) is 98.9 cm³/mol. The monoisotopic (exact) mass is 365 g/mol. The number of carbonyl (C=O) groups excluding carboxylic acids is 1. The number of rotatable bonds is 5. The summed E-state index contributed by atoms with van der Waals surface area (Å²) in [6, 6.07) is 10.2. The average molecular weight is 365 g/mol. The molecule has 1 aromatic rings. The van der Waals surface area contributed by atoms with Gasteiger partial charge in [0, 0.05) is 31.9 Å². The van der Waals surface area contributed by atoms with E-state index in [0.717, 1.165) is 44.6 Å². The van der Waals surface area contributed by atoms with Crippen LogP contribution in [0.5, 0.6) is 0 Å². The van der Waals surface area contributed by atoms with E-state index in [1.54, 1.807) is 0 Å². The third-order valence-electron chi connectivity index (χ3n) is 5.26. The van der Waals surface area contributed by atoms with E-state index < -0.39 is 10.0 Å². The lowest BCUT2D eigenvalue weighted by molar-refractivity contribution is -0.136. The molecule has 0 radical (unpaired) electrons. The fourth-order valence-corrected chi connectivity index (χ4v) is 4.95. The Hall–Kier alpha value is -1.60. The van der Waals surface area contributed by atoms with Crippen molar-refractivity contribution in [1.82, 2.24) is 9.62 Å². The number of nitrogens with one attached hydrogen (secondary N) is 1. The molecule has 2 aliphatic rings. The maximum Gasteiger partial charge on any atom is 0.227 e. The highest BCUT2D eigenvalue weighted by Gasteiger charge is 2.34. The Labute approximate surface area is 150 Å². The molecule has 3 rings (SSSR count). The van der Waals surface area contributed by atoms with Gasteiger partial charge in [-0.25, -0.2) is 13.1 Å². The Morgan fingerprint density at radius 3 is 2.64 bits per heavy atom. The minimum absolute atomic E-state index is 0.0138. The Balaban J connectivity index is 1.58. The van der Waals surface area contributed by atoms with Crippen LogP contribution in [0.4, 0.5) is 5.69 Å². The summed E-state index contributed by atoms with van der Waals surface area (Å²) >= 11 is 0. The van der Waals surface area contributed by atoms with Crippen LogP contribution in [0.1, 0.15) is 19.3 Å². The molecule has 0 aliphatic carbocycles. The Kier molecular flexibility index (Phi) is 5.64. The number of benzene rings is 1. The molecular formula is C18H27N3O3S. The third kappa shape index (κ3) is 4.52. The smallest absolute Gasteiger partial charge is 0.227 e. The standard InChI is InChI=1S/C18H27N3O3S/c1-19-25(23,24)14-15-6-5-10-21(12-15)18(22)16-9-11-20(13-16)17-7-3-2-4-8-17/h2-4,7-8,15-16,19H,5-6,9-14H2,1H3. The van der Waals surface area contributed by atoms with Gasteiger partial charge < -0.3 is 9.80 Å². The molecule has 7 heteroatoms. The first-order valence-corrected chi connectivity index (χ1v) is 10.6. The van der Waals surface area contributed by atoms with E-state index in [9.17, 15) is 13.2 Å². The van der Waals surface area contributed by atoms with Crippen molar-refractivity contribution in [3.8, 4) is 0 Å². The molecule has 25 heavy (non-hydrogen) atoms. The highest BCUT2D eigenvalue weighted by atomic mass is 32.2. The minimum atomic E-state index is -3.23. The highest BCUT2D eigenvalue weighted by Crippen LogP contribution is 2.27. The number of sulfonamides is 1. The predicted octanol–water partition coefficient (Wildman–Crippen LogP) is 1.30. The van der Waals surface area contributed by atoms with Crippen molar-refractivity contribution in [2.45, 2.75) is 19.3 Å². The summed E-state index contributed by atoms with van der Waals surface area (Å²) in [4.78, 5) is 17.0. The first-order valence-electron chi connectivity index (χ1n) is 8.98. The molecule has 0 aromatic heterocycles. The minimum Gasteiger partial charge on any atom is -0.371 e. The van der Waals surface area contributed by atoms with Gasteiger partial charge in [0.2, 0.25) is 15.9 Å². The van der Waals surface area contributed by atoms with Gasteiger partial charge >= 0.3 is 0 Å². The Bertz CT molecular complexity index is 693. The summed E-state index contributed by atoms with van der Waals surface area (Å²) in [5.41, 5.74) is 1.16. The van der Waals surface area contributed by atoms with Gasteiger partial charge in [0.15, 0.2) is 0 Å². The van der Waals surface area contributed by atoms with Gasteiger partial charge in [-0.15, -0.1) is 0 Å². The maximum absolute atomic E-state index is 12.9. The van der Waals surface area contributed by atoms with Gasteiger partial charge in [0.05, 0.1) is 11.7 Å². The number of carbonyl (C=O) groups is 1. The van der Waals surface area contributed by atoms with Crippen molar-refractivity contribution in [3.63, 3.8) is 0 Å². The lowest BCUT2D eigenvalue weighted by Crippen LogP contribution is -2.45. The highest BCUT2D eigenvalue weighted by molar-refractivity contribution is 7.89. The van der Waals surface area contributed by atoms with Crippen LogP contribution in [0.15, 0.2) is 30.3 Å². The number of nitrogens with zero attached hydrogens (tertiary/aromatic N) is 2. The summed E-state index contributed by atoms with van der Waals surface area (Å²) in [5.74, 6) is 0.334. The van der Waals surface area contributed by atoms with Crippen LogP contribution in [0.3, 0.4) is 0 Å². The topological polar surface area (TPSA) is 69.7 Å². The van der Waals surface area contributed by atoms with Crippen LogP contribution in [0.2, 0.25) is 0 Å². The molecule has 2 saturated heterocycles.